The monoisotopic (exact) mass is 440 g/mol. The first-order valence-electron chi connectivity index (χ1n) is 12.2. The van der Waals surface area contributed by atoms with Crippen LogP contribution in [0.25, 0.3) is 0 Å². The molecule has 3 aliphatic rings. The molecule has 1 unspecified atom stereocenters. The highest BCUT2D eigenvalue weighted by molar-refractivity contribution is 5.97. The molecule has 2 saturated heterocycles. The van der Waals surface area contributed by atoms with E-state index in [1.165, 1.54) is 19.3 Å². The standard InChI is InChI=1S/C25H36N4O3/c1-27(24(31)18-28-13-5-6-14-28)21-9-11-22(12-10-21)29-17-19(15-23(29)30)16-26-25(32)20-7-3-2-4-8-20/h9-12,19-20H,2-8,13-18H2,1H3,(H,26,32). The quantitative estimate of drug-likeness (QED) is 0.708. The molecular formula is C25H36N4O3. The average molecular weight is 441 g/mol. The van der Waals surface area contributed by atoms with Gasteiger partial charge >= 0.3 is 0 Å². The van der Waals surface area contributed by atoms with Gasteiger partial charge in [-0.2, -0.15) is 0 Å². The molecule has 2 heterocycles. The molecule has 1 aromatic rings. The van der Waals surface area contributed by atoms with Crippen LogP contribution in [0.2, 0.25) is 0 Å². The van der Waals surface area contributed by atoms with Crippen LogP contribution in [0.5, 0.6) is 0 Å². The van der Waals surface area contributed by atoms with Crippen molar-refractivity contribution >= 4 is 29.1 Å². The average Bonchev–Trinajstić information content (AvgIpc) is 3.47. The predicted octanol–water partition coefficient (Wildman–Crippen LogP) is 2.79. The topological polar surface area (TPSA) is 73.0 Å². The number of rotatable bonds is 7. The molecule has 3 fully saturated rings. The van der Waals surface area contributed by atoms with Crippen molar-refractivity contribution in [1.29, 1.82) is 0 Å². The Kier molecular flexibility index (Phi) is 7.45. The number of hydrogen-bond acceptors (Lipinski definition) is 4. The van der Waals surface area contributed by atoms with Gasteiger partial charge in [-0.1, -0.05) is 19.3 Å². The molecule has 174 valence electrons. The van der Waals surface area contributed by atoms with Gasteiger partial charge in [-0.05, 0) is 63.0 Å². The lowest BCUT2D eigenvalue weighted by Gasteiger charge is -2.23. The normalized spacial score (nSPS) is 22.3. The fraction of sp³-hybridized carbons (Fsp3) is 0.640. The zero-order chi connectivity index (χ0) is 22.5. The molecule has 2 aliphatic heterocycles. The third kappa shape index (κ3) is 5.49. The summed E-state index contributed by atoms with van der Waals surface area (Å²) in [4.78, 5) is 43.3. The summed E-state index contributed by atoms with van der Waals surface area (Å²) in [7, 11) is 1.81. The van der Waals surface area contributed by atoms with Crippen LogP contribution in [-0.2, 0) is 14.4 Å². The van der Waals surface area contributed by atoms with Crippen LogP contribution >= 0.6 is 0 Å². The van der Waals surface area contributed by atoms with Crippen molar-refractivity contribution in [3.8, 4) is 0 Å². The Bertz CT molecular complexity index is 813. The SMILES string of the molecule is CN(C(=O)CN1CCCC1)c1ccc(N2CC(CNC(=O)C3CCCCC3)CC2=O)cc1. The van der Waals surface area contributed by atoms with Crippen molar-refractivity contribution in [2.24, 2.45) is 11.8 Å². The van der Waals surface area contributed by atoms with Gasteiger partial charge in [0, 0.05) is 49.8 Å². The molecule has 1 atom stereocenters. The second kappa shape index (κ2) is 10.5. The van der Waals surface area contributed by atoms with Gasteiger partial charge in [-0.3, -0.25) is 19.3 Å². The number of likely N-dealkylation sites (N-methyl/N-ethyl adjacent to an activating group) is 1. The largest absolute Gasteiger partial charge is 0.356 e. The summed E-state index contributed by atoms with van der Waals surface area (Å²) < 4.78 is 0. The van der Waals surface area contributed by atoms with E-state index in [-0.39, 0.29) is 29.6 Å². The van der Waals surface area contributed by atoms with Crippen LogP contribution in [0.1, 0.15) is 51.4 Å². The molecule has 0 aromatic heterocycles. The number of hydrogen-bond donors (Lipinski definition) is 1. The van der Waals surface area contributed by atoms with Crippen molar-refractivity contribution in [2.45, 2.75) is 51.4 Å². The van der Waals surface area contributed by atoms with E-state index in [9.17, 15) is 14.4 Å². The van der Waals surface area contributed by atoms with E-state index in [0.29, 0.717) is 26.1 Å². The Morgan fingerprint density at radius 1 is 1.03 bits per heavy atom. The first kappa shape index (κ1) is 22.8. The van der Waals surface area contributed by atoms with Gasteiger partial charge in [-0.25, -0.2) is 0 Å². The van der Waals surface area contributed by atoms with E-state index < -0.39 is 0 Å². The molecule has 4 rings (SSSR count). The molecule has 0 bridgehead atoms. The van der Waals surface area contributed by atoms with E-state index in [2.05, 4.69) is 10.2 Å². The molecule has 0 radical (unpaired) electrons. The summed E-state index contributed by atoms with van der Waals surface area (Å²) in [6, 6.07) is 7.64. The number of likely N-dealkylation sites (tertiary alicyclic amines) is 1. The summed E-state index contributed by atoms with van der Waals surface area (Å²) in [5, 5.41) is 3.09. The highest BCUT2D eigenvalue weighted by Crippen LogP contribution is 2.28. The maximum absolute atomic E-state index is 12.6. The minimum absolute atomic E-state index is 0.0886. The van der Waals surface area contributed by atoms with E-state index in [1.54, 1.807) is 16.8 Å². The zero-order valence-electron chi connectivity index (χ0n) is 19.2. The summed E-state index contributed by atoms with van der Waals surface area (Å²) in [6.45, 7) is 3.63. The lowest BCUT2D eigenvalue weighted by molar-refractivity contribution is -0.126. The Balaban J connectivity index is 1.28. The van der Waals surface area contributed by atoms with Crippen LogP contribution in [0, 0.1) is 11.8 Å². The predicted molar refractivity (Wildman–Crippen MR) is 126 cm³/mol. The summed E-state index contributed by atoms with van der Waals surface area (Å²) in [5.41, 5.74) is 1.68. The first-order valence-corrected chi connectivity index (χ1v) is 12.2. The molecule has 0 spiro atoms. The van der Waals surface area contributed by atoms with Crippen molar-refractivity contribution < 1.29 is 14.4 Å². The van der Waals surface area contributed by atoms with Gasteiger partial charge in [0.25, 0.3) is 0 Å². The third-order valence-electron chi connectivity index (χ3n) is 7.23. The molecule has 7 heteroatoms. The third-order valence-corrected chi connectivity index (χ3v) is 7.23. The summed E-state index contributed by atoms with van der Waals surface area (Å²) >= 11 is 0. The second-order valence-corrected chi connectivity index (χ2v) is 9.61. The smallest absolute Gasteiger partial charge is 0.240 e. The fourth-order valence-electron chi connectivity index (χ4n) is 5.16. The van der Waals surface area contributed by atoms with Crippen molar-refractivity contribution in [3.63, 3.8) is 0 Å². The minimum Gasteiger partial charge on any atom is -0.356 e. The Hall–Kier alpha value is -2.41. The minimum atomic E-state index is 0.0886. The Morgan fingerprint density at radius 2 is 1.72 bits per heavy atom. The maximum atomic E-state index is 12.6. The number of carbonyl (C=O) groups is 3. The number of nitrogens with zero attached hydrogens (tertiary/aromatic N) is 3. The molecule has 3 amide bonds. The van der Waals surface area contributed by atoms with Gasteiger partial charge < -0.3 is 15.1 Å². The highest BCUT2D eigenvalue weighted by Gasteiger charge is 2.31. The van der Waals surface area contributed by atoms with Crippen molar-refractivity contribution in [1.82, 2.24) is 10.2 Å². The van der Waals surface area contributed by atoms with Crippen LogP contribution in [0.15, 0.2) is 24.3 Å². The van der Waals surface area contributed by atoms with Gasteiger partial charge in [0.1, 0.15) is 0 Å². The van der Waals surface area contributed by atoms with Gasteiger partial charge in [0.15, 0.2) is 0 Å². The number of carbonyl (C=O) groups excluding carboxylic acids is 3. The molecule has 1 aliphatic carbocycles. The Labute approximate surface area is 191 Å². The highest BCUT2D eigenvalue weighted by atomic mass is 16.2. The molecule has 7 nitrogen and oxygen atoms in total. The van der Waals surface area contributed by atoms with Crippen LogP contribution in [0.3, 0.4) is 0 Å². The van der Waals surface area contributed by atoms with Gasteiger partial charge in [-0.15, -0.1) is 0 Å². The fourth-order valence-corrected chi connectivity index (χ4v) is 5.16. The summed E-state index contributed by atoms with van der Waals surface area (Å²) in [6.07, 6.45) is 8.29. The second-order valence-electron chi connectivity index (χ2n) is 9.61. The maximum Gasteiger partial charge on any atom is 0.240 e. The number of amides is 3. The van der Waals surface area contributed by atoms with Crippen LogP contribution in [-0.4, -0.2) is 62.4 Å². The number of anilines is 2. The van der Waals surface area contributed by atoms with Crippen LogP contribution in [0.4, 0.5) is 11.4 Å². The zero-order valence-corrected chi connectivity index (χ0v) is 19.2. The van der Waals surface area contributed by atoms with Gasteiger partial charge in [0.2, 0.25) is 17.7 Å². The molecule has 1 N–H and O–H groups in total. The van der Waals surface area contributed by atoms with Crippen LogP contribution < -0.4 is 15.1 Å². The first-order chi connectivity index (χ1) is 15.5. The van der Waals surface area contributed by atoms with E-state index >= 15 is 0 Å². The molecule has 1 aromatic carbocycles. The molecular weight excluding hydrogens is 404 g/mol. The number of benzene rings is 1. The molecule has 32 heavy (non-hydrogen) atoms. The summed E-state index contributed by atoms with van der Waals surface area (Å²) in [5.74, 6) is 0.620. The van der Waals surface area contributed by atoms with Crippen molar-refractivity contribution in [3.05, 3.63) is 24.3 Å². The lowest BCUT2D eigenvalue weighted by atomic mass is 9.88. The van der Waals surface area contributed by atoms with Crippen molar-refractivity contribution in [2.75, 3.05) is 49.6 Å². The lowest BCUT2D eigenvalue weighted by Crippen LogP contribution is -2.37. The van der Waals surface area contributed by atoms with Gasteiger partial charge in [0.05, 0.1) is 6.54 Å². The van der Waals surface area contributed by atoms with E-state index in [1.807, 2.05) is 24.3 Å². The van der Waals surface area contributed by atoms with E-state index in [4.69, 9.17) is 0 Å². The van der Waals surface area contributed by atoms with E-state index in [0.717, 1.165) is 50.1 Å². The molecule has 1 saturated carbocycles. The Morgan fingerprint density at radius 3 is 2.41 bits per heavy atom. The number of nitrogens with one attached hydrogen (secondary N) is 1.